The second-order valence-corrected chi connectivity index (χ2v) is 5.31. The second kappa shape index (κ2) is 5.51. The first kappa shape index (κ1) is 13.1. The SMILES string of the molecule is COCC(C)(C)NCc1cccc2ccccc12. The fourth-order valence-electron chi connectivity index (χ4n) is 2.19. The lowest BCUT2D eigenvalue weighted by Crippen LogP contribution is -2.42. The van der Waals surface area contributed by atoms with E-state index in [9.17, 15) is 0 Å². The highest BCUT2D eigenvalue weighted by Gasteiger charge is 2.16. The number of rotatable bonds is 5. The van der Waals surface area contributed by atoms with Crippen LogP contribution in [0.3, 0.4) is 0 Å². The average Bonchev–Trinajstić information content (AvgIpc) is 2.36. The van der Waals surface area contributed by atoms with Gasteiger partial charge >= 0.3 is 0 Å². The highest BCUT2D eigenvalue weighted by molar-refractivity contribution is 5.85. The number of fused-ring (bicyclic) bond motifs is 1. The van der Waals surface area contributed by atoms with Crippen LogP contribution in [0.4, 0.5) is 0 Å². The van der Waals surface area contributed by atoms with Crippen LogP contribution in [0, 0.1) is 0 Å². The van der Waals surface area contributed by atoms with Gasteiger partial charge in [-0.2, -0.15) is 0 Å². The number of hydrogen-bond donors (Lipinski definition) is 1. The van der Waals surface area contributed by atoms with Crippen LogP contribution in [0.1, 0.15) is 19.4 Å². The van der Waals surface area contributed by atoms with Crippen LogP contribution in [-0.2, 0) is 11.3 Å². The van der Waals surface area contributed by atoms with Gasteiger partial charge in [-0.3, -0.25) is 0 Å². The van der Waals surface area contributed by atoms with Gasteiger partial charge in [-0.25, -0.2) is 0 Å². The monoisotopic (exact) mass is 243 g/mol. The largest absolute Gasteiger partial charge is 0.383 e. The maximum Gasteiger partial charge on any atom is 0.0639 e. The van der Waals surface area contributed by atoms with E-state index in [0.717, 1.165) is 6.54 Å². The Bertz CT molecular complexity index is 514. The topological polar surface area (TPSA) is 21.3 Å². The summed E-state index contributed by atoms with van der Waals surface area (Å²) < 4.78 is 5.22. The van der Waals surface area contributed by atoms with Crippen LogP contribution in [0.2, 0.25) is 0 Å². The molecule has 0 spiro atoms. The quantitative estimate of drug-likeness (QED) is 0.869. The fourth-order valence-corrected chi connectivity index (χ4v) is 2.19. The van der Waals surface area contributed by atoms with E-state index in [1.54, 1.807) is 7.11 Å². The van der Waals surface area contributed by atoms with E-state index in [1.807, 2.05) is 0 Å². The maximum atomic E-state index is 5.22. The summed E-state index contributed by atoms with van der Waals surface area (Å²) in [7, 11) is 1.74. The zero-order chi connectivity index (χ0) is 13.0. The van der Waals surface area contributed by atoms with Crippen molar-refractivity contribution in [3.8, 4) is 0 Å². The third kappa shape index (κ3) is 3.09. The zero-order valence-electron chi connectivity index (χ0n) is 11.4. The lowest BCUT2D eigenvalue weighted by atomic mass is 10.0. The molecule has 2 aromatic rings. The van der Waals surface area contributed by atoms with Crippen LogP contribution in [-0.4, -0.2) is 19.3 Å². The molecule has 1 N–H and O–H groups in total. The molecule has 0 aromatic heterocycles. The van der Waals surface area contributed by atoms with Crippen molar-refractivity contribution in [2.75, 3.05) is 13.7 Å². The molecule has 0 fully saturated rings. The number of hydrogen-bond acceptors (Lipinski definition) is 2. The second-order valence-electron chi connectivity index (χ2n) is 5.31. The number of ether oxygens (including phenoxy) is 1. The lowest BCUT2D eigenvalue weighted by Gasteiger charge is -2.25. The van der Waals surface area contributed by atoms with Gasteiger partial charge in [-0.15, -0.1) is 0 Å². The van der Waals surface area contributed by atoms with Crippen molar-refractivity contribution >= 4 is 10.8 Å². The minimum absolute atomic E-state index is 0.00824. The Morgan fingerprint density at radius 1 is 1.06 bits per heavy atom. The van der Waals surface area contributed by atoms with Gasteiger partial charge in [0.05, 0.1) is 6.61 Å². The Balaban J connectivity index is 2.17. The number of nitrogens with one attached hydrogen (secondary N) is 1. The molecule has 0 aliphatic heterocycles. The van der Waals surface area contributed by atoms with Gasteiger partial charge in [0.1, 0.15) is 0 Å². The smallest absolute Gasteiger partial charge is 0.0639 e. The van der Waals surface area contributed by atoms with E-state index in [2.05, 4.69) is 61.6 Å². The van der Waals surface area contributed by atoms with Gasteiger partial charge in [0.2, 0.25) is 0 Å². The summed E-state index contributed by atoms with van der Waals surface area (Å²) in [6.45, 7) is 5.87. The summed E-state index contributed by atoms with van der Waals surface area (Å²) in [6, 6.07) is 14.9. The highest BCUT2D eigenvalue weighted by atomic mass is 16.5. The van der Waals surface area contributed by atoms with E-state index in [0.29, 0.717) is 6.61 Å². The molecule has 0 aliphatic carbocycles. The Morgan fingerprint density at radius 3 is 2.56 bits per heavy atom. The Hall–Kier alpha value is -1.38. The van der Waals surface area contributed by atoms with Gasteiger partial charge in [0.25, 0.3) is 0 Å². The van der Waals surface area contributed by atoms with Crippen LogP contribution in [0.15, 0.2) is 42.5 Å². The average molecular weight is 243 g/mol. The molecule has 0 heterocycles. The summed E-state index contributed by atoms with van der Waals surface area (Å²) in [5.41, 5.74) is 1.32. The first-order valence-corrected chi connectivity index (χ1v) is 6.33. The van der Waals surface area contributed by atoms with Crippen molar-refractivity contribution in [1.29, 1.82) is 0 Å². The third-order valence-electron chi connectivity index (χ3n) is 3.14. The molecule has 0 amide bonds. The molecular formula is C16H21NO. The summed E-state index contributed by atoms with van der Waals surface area (Å²) in [6.07, 6.45) is 0. The molecule has 18 heavy (non-hydrogen) atoms. The molecule has 2 rings (SSSR count). The minimum Gasteiger partial charge on any atom is -0.383 e. The maximum absolute atomic E-state index is 5.22. The third-order valence-corrected chi connectivity index (χ3v) is 3.14. The van der Waals surface area contributed by atoms with Crippen molar-refractivity contribution < 1.29 is 4.74 Å². The predicted octanol–water partition coefficient (Wildman–Crippen LogP) is 3.35. The Morgan fingerprint density at radius 2 is 1.78 bits per heavy atom. The minimum atomic E-state index is -0.00824. The summed E-state index contributed by atoms with van der Waals surface area (Å²) in [4.78, 5) is 0. The van der Waals surface area contributed by atoms with Crippen LogP contribution in [0.5, 0.6) is 0 Å². The van der Waals surface area contributed by atoms with E-state index in [4.69, 9.17) is 4.74 Å². The van der Waals surface area contributed by atoms with Crippen LogP contribution >= 0.6 is 0 Å². The predicted molar refractivity (Wildman–Crippen MR) is 76.7 cm³/mol. The van der Waals surface area contributed by atoms with Crippen LogP contribution < -0.4 is 5.32 Å². The van der Waals surface area contributed by atoms with Gasteiger partial charge in [-0.1, -0.05) is 42.5 Å². The highest BCUT2D eigenvalue weighted by Crippen LogP contribution is 2.19. The Kier molecular flexibility index (Phi) is 4.00. The molecule has 0 saturated carbocycles. The molecule has 0 aliphatic rings. The molecule has 0 saturated heterocycles. The fraction of sp³-hybridized carbons (Fsp3) is 0.375. The standard InChI is InChI=1S/C16H21NO/c1-16(2,12-18-3)17-11-14-9-6-8-13-7-4-5-10-15(13)14/h4-10,17H,11-12H2,1-3H3. The van der Waals surface area contributed by atoms with Crippen molar-refractivity contribution in [1.82, 2.24) is 5.32 Å². The van der Waals surface area contributed by atoms with Crippen molar-refractivity contribution in [3.63, 3.8) is 0 Å². The lowest BCUT2D eigenvalue weighted by molar-refractivity contribution is 0.128. The van der Waals surface area contributed by atoms with Gasteiger partial charge in [0, 0.05) is 19.2 Å². The molecule has 0 bridgehead atoms. The molecule has 0 unspecified atom stereocenters. The Labute approximate surface area is 109 Å². The first-order valence-electron chi connectivity index (χ1n) is 6.33. The van der Waals surface area contributed by atoms with Crippen molar-refractivity contribution in [2.24, 2.45) is 0 Å². The normalized spacial score (nSPS) is 11.9. The molecular weight excluding hydrogens is 222 g/mol. The zero-order valence-corrected chi connectivity index (χ0v) is 11.4. The molecule has 0 radical (unpaired) electrons. The van der Waals surface area contributed by atoms with E-state index in [1.165, 1.54) is 16.3 Å². The van der Waals surface area contributed by atoms with Crippen LogP contribution in [0.25, 0.3) is 10.8 Å². The molecule has 2 nitrogen and oxygen atoms in total. The van der Waals surface area contributed by atoms with E-state index >= 15 is 0 Å². The van der Waals surface area contributed by atoms with Crippen molar-refractivity contribution in [3.05, 3.63) is 48.0 Å². The molecule has 2 aromatic carbocycles. The molecule has 2 heteroatoms. The molecule has 96 valence electrons. The van der Waals surface area contributed by atoms with Crippen molar-refractivity contribution in [2.45, 2.75) is 25.9 Å². The molecule has 0 atom stereocenters. The number of methoxy groups -OCH3 is 1. The summed E-state index contributed by atoms with van der Waals surface area (Å²) in [5.74, 6) is 0. The van der Waals surface area contributed by atoms with Gasteiger partial charge in [-0.05, 0) is 30.2 Å². The summed E-state index contributed by atoms with van der Waals surface area (Å²) >= 11 is 0. The van der Waals surface area contributed by atoms with Gasteiger partial charge in [0.15, 0.2) is 0 Å². The first-order chi connectivity index (χ1) is 8.62. The van der Waals surface area contributed by atoms with E-state index < -0.39 is 0 Å². The summed E-state index contributed by atoms with van der Waals surface area (Å²) in [5, 5.41) is 6.16. The number of benzene rings is 2. The van der Waals surface area contributed by atoms with Gasteiger partial charge < -0.3 is 10.1 Å². The van der Waals surface area contributed by atoms with E-state index in [-0.39, 0.29) is 5.54 Å².